The van der Waals surface area contributed by atoms with E-state index in [1.54, 1.807) is 19.1 Å². The van der Waals surface area contributed by atoms with Gasteiger partial charge in [0.1, 0.15) is 5.69 Å². The van der Waals surface area contributed by atoms with E-state index in [0.717, 1.165) is 19.3 Å². The Morgan fingerprint density at radius 3 is 2.94 bits per heavy atom. The van der Waals surface area contributed by atoms with E-state index in [1.807, 2.05) is 6.07 Å². The van der Waals surface area contributed by atoms with E-state index in [4.69, 9.17) is 0 Å². The van der Waals surface area contributed by atoms with Crippen LogP contribution in [0.1, 0.15) is 24.8 Å². The summed E-state index contributed by atoms with van der Waals surface area (Å²) in [7, 11) is 0. The third kappa shape index (κ3) is 2.46. The van der Waals surface area contributed by atoms with Gasteiger partial charge in [-0.15, -0.1) is 0 Å². The zero-order valence-corrected chi connectivity index (χ0v) is 10.4. The average molecular weight is 250 g/mol. The minimum absolute atomic E-state index is 0.135. The van der Waals surface area contributed by atoms with Crippen molar-refractivity contribution in [2.75, 3.05) is 11.9 Å². The summed E-state index contributed by atoms with van der Waals surface area (Å²) in [6.45, 7) is 1.87. The number of hydrogen-bond donors (Lipinski definition) is 2. The molecule has 2 atom stereocenters. The van der Waals surface area contributed by atoms with E-state index in [9.17, 15) is 15.2 Å². The summed E-state index contributed by atoms with van der Waals surface area (Å²) in [6, 6.07) is 5.42. The molecule has 2 unspecified atom stereocenters. The van der Waals surface area contributed by atoms with Crippen LogP contribution in [0.2, 0.25) is 0 Å². The van der Waals surface area contributed by atoms with E-state index < -0.39 is 0 Å². The molecule has 5 heteroatoms. The highest BCUT2D eigenvalue weighted by atomic mass is 16.6. The predicted octanol–water partition coefficient (Wildman–Crippen LogP) is 2.48. The van der Waals surface area contributed by atoms with Crippen molar-refractivity contribution in [1.82, 2.24) is 0 Å². The molecule has 0 heterocycles. The maximum Gasteiger partial charge on any atom is 0.295 e. The van der Waals surface area contributed by atoms with Gasteiger partial charge >= 0.3 is 0 Å². The maximum absolute atomic E-state index is 11.1. The largest absolute Gasteiger partial charge is 0.396 e. The van der Waals surface area contributed by atoms with Crippen LogP contribution >= 0.6 is 0 Å². The standard InChI is InChI=1S/C13H18N2O3/c1-9-4-2-7-12(13(9)15(17)18)14-11-6-3-5-10(11)8-16/h2,4,7,10-11,14,16H,3,5-6,8H2,1H3. The molecule has 18 heavy (non-hydrogen) atoms. The highest BCUT2D eigenvalue weighted by molar-refractivity contribution is 5.65. The van der Waals surface area contributed by atoms with Gasteiger partial charge in [0.25, 0.3) is 5.69 Å². The lowest BCUT2D eigenvalue weighted by Gasteiger charge is -2.20. The van der Waals surface area contributed by atoms with Gasteiger partial charge in [-0.1, -0.05) is 18.6 Å². The fraction of sp³-hybridized carbons (Fsp3) is 0.538. The van der Waals surface area contributed by atoms with Crippen molar-refractivity contribution in [1.29, 1.82) is 0 Å². The predicted molar refractivity (Wildman–Crippen MR) is 69.7 cm³/mol. The van der Waals surface area contributed by atoms with Crippen LogP contribution in [0.15, 0.2) is 18.2 Å². The molecule has 1 aromatic carbocycles. The number of rotatable bonds is 4. The molecule has 2 N–H and O–H groups in total. The fourth-order valence-corrected chi connectivity index (χ4v) is 2.66. The van der Waals surface area contributed by atoms with Crippen LogP contribution in [0, 0.1) is 23.0 Å². The minimum atomic E-state index is -0.347. The smallest absolute Gasteiger partial charge is 0.295 e. The lowest BCUT2D eigenvalue weighted by molar-refractivity contribution is -0.384. The number of benzene rings is 1. The monoisotopic (exact) mass is 250 g/mol. The van der Waals surface area contributed by atoms with Crippen LogP contribution in [0.25, 0.3) is 0 Å². The van der Waals surface area contributed by atoms with Crippen molar-refractivity contribution in [2.24, 2.45) is 5.92 Å². The Morgan fingerprint density at radius 1 is 1.50 bits per heavy atom. The molecule has 1 aliphatic carbocycles. The maximum atomic E-state index is 11.1. The summed E-state index contributed by atoms with van der Waals surface area (Å²) >= 11 is 0. The van der Waals surface area contributed by atoms with E-state index in [0.29, 0.717) is 11.3 Å². The molecular formula is C13H18N2O3. The number of nitrogens with zero attached hydrogens (tertiary/aromatic N) is 1. The summed E-state index contributed by atoms with van der Waals surface area (Å²) in [4.78, 5) is 10.7. The van der Waals surface area contributed by atoms with E-state index in [1.165, 1.54) is 0 Å². The molecule has 0 spiro atoms. The number of anilines is 1. The fourth-order valence-electron chi connectivity index (χ4n) is 2.66. The molecule has 1 aromatic rings. The Balaban J connectivity index is 2.23. The summed E-state index contributed by atoms with van der Waals surface area (Å²) in [5.74, 6) is 0.199. The van der Waals surface area contributed by atoms with Gasteiger partial charge in [-0.3, -0.25) is 10.1 Å². The van der Waals surface area contributed by atoms with E-state index in [2.05, 4.69) is 5.32 Å². The number of aryl methyl sites for hydroxylation is 1. The molecule has 0 aromatic heterocycles. The quantitative estimate of drug-likeness (QED) is 0.636. The first-order valence-corrected chi connectivity index (χ1v) is 6.25. The molecule has 0 radical (unpaired) electrons. The van der Waals surface area contributed by atoms with Crippen LogP contribution in [-0.2, 0) is 0 Å². The van der Waals surface area contributed by atoms with Gasteiger partial charge in [-0.25, -0.2) is 0 Å². The number of nitro benzene ring substituents is 1. The van der Waals surface area contributed by atoms with Crippen molar-refractivity contribution in [2.45, 2.75) is 32.2 Å². The van der Waals surface area contributed by atoms with Crippen LogP contribution in [0.3, 0.4) is 0 Å². The number of nitro groups is 1. The average Bonchev–Trinajstić information content (AvgIpc) is 2.76. The van der Waals surface area contributed by atoms with Crippen LogP contribution in [-0.4, -0.2) is 22.7 Å². The number of aliphatic hydroxyl groups excluding tert-OH is 1. The highest BCUT2D eigenvalue weighted by Crippen LogP contribution is 2.33. The first kappa shape index (κ1) is 12.8. The van der Waals surface area contributed by atoms with Crippen LogP contribution in [0.5, 0.6) is 0 Å². The normalized spacial score (nSPS) is 23.0. The Bertz CT molecular complexity index is 448. The van der Waals surface area contributed by atoms with Gasteiger partial charge < -0.3 is 10.4 Å². The first-order valence-electron chi connectivity index (χ1n) is 6.25. The molecule has 5 nitrogen and oxygen atoms in total. The van der Waals surface area contributed by atoms with E-state index in [-0.39, 0.29) is 29.2 Å². The third-order valence-electron chi connectivity index (χ3n) is 3.65. The molecule has 1 aliphatic rings. The summed E-state index contributed by atoms with van der Waals surface area (Å²) in [5, 5.41) is 23.6. The number of nitrogens with one attached hydrogen (secondary N) is 1. The van der Waals surface area contributed by atoms with Crippen LogP contribution in [0.4, 0.5) is 11.4 Å². The zero-order valence-electron chi connectivity index (χ0n) is 10.4. The first-order chi connectivity index (χ1) is 8.63. The van der Waals surface area contributed by atoms with Crippen molar-refractivity contribution in [3.05, 3.63) is 33.9 Å². The molecule has 0 saturated heterocycles. The van der Waals surface area contributed by atoms with Gasteiger partial charge in [-0.05, 0) is 25.8 Å². The number of hydrogen-bond acceptors (Lipinski definition) is 4. The third-order valence-corrected chi connectivity index (χ3v) is 3.65. The topological polar surface area (TPSA) is 75.4 Å². The Hall–Kier alpha value is -1.62. The van der Waals surface area contributed by atoms with Crippen molar-refractivity contribution in [3.63, 3.8) is 0 Å². The number of aliphatic hydroxyl groups is 1. The summed E-state index contributed by atoms with van der Waals surface area (Å²) in [6.07, 6.45) is 2.99. The van der Waals surface area contributed by atoms with E-state index >= 15 is 0 Å². The molecule has 0 amide bonds. The van der Waals surface area contributed by atoms with Gasteiger partial charge in [0.15, 0.2) is 0 Å². The molecule has 0 aliphatic heterocycles. The van der Waals surface area contributed by atoms with Gasteiger partial charge in [0.05, 0.1) is 4.92 Å². The van der Waals surface area contributed by atoms with Gasteiger partial charge in [0.2, 0.25) is 0 Å². The van der Waals surface area contributed by atoms with Gasteiger partial charge in [-0.2, -0.15) is 0 Å². The molecule has 2 rings (SSSR count). The van der Waals surface area contributed by atoms with Crippen LogP contribution < -0.4 is 5.32 Å². The second-order valence-corrected chi connectivity index (χ2v) is 4.85. The molecule has 1 saturated carbocycles. The van der Waals surface area contributed by atoms with Crippen molar-refractivity contribution in [3.8, 4) is 0 Å². The lowest BCUT2D eigenvalue weighted by Crippen LogP contribution is -2.26. The number of para-hydroxylation sites is 1. The molecule has 98 valence electrons. The second kappa shape index (κ2) is 5.35. The lowest BCUT2D eigenvalue weighted by atomic mass is 10.0. The zero-order chi connectivity index (χ0) is 13.1. The Morgan fingerprint density at radius 2 is 2.28 bits per heavy atom. The Labute approximate surface area is 106 Å². The van der Waals surface area contributed by atoms with Gasteiger partial charge in [0, 0.05) is 24.1 Å². The second-order valence-electron chi connectivity index (χ2n) is 4.85. The molecular weight excluding hydrogens is 232 g/mol. The highest BCUT2D eigenvalue weighted by Gasteiger charge is 2.28. The Kier molecular flexibility index (Phi) is 3.81. The summed E-state index contributed by atoms with van der Waals surface area (Å²) < 4.78 is 0. The molecule has 1 fully saturated rings. The van der Waals surface area contributed by atoms with Crippen molar-refractivity contribution >= 4 is 11.4 Å². The minimum Gasteiger partial charge on any atom is -0.396 e. The van der Waals surface area contributed by atoms with Crippen molar-refractivity contribution < 1.29 is 10.0 Å². The SMILES string of the molecule is Cc1cccc(NC2CCCC2CO)c1[N+](=O)[O-]. The molecule has 0 bridgehead atoms. The summed E-state index contributed by atoms with van der Waals surface area (Å²) in [5.41, 5.74) is 1.36.